The Hall–Kier alpha value is -1.26. The molecule has 4 nitrogen and oxygen atoms in total. The summed E-state index contributed by atoms with van der Waals surface area (Å²) in [5.41, 5.74) is 0. The maximum Gasteiger partial charge on any atom is 0.263 e. The van der Waals surface area contributed by atoms with Crippen molar-refractivity contribution < 1.29 is 14.3 Å². The summed E-state index contributed by atoms with van der Waals surface area (Å²) in [5.74, 6) is 1.33. The van der Waals surface area contributed by atoms with Crippen molar-refractivity contribution in [2.45, 2.75) is 32.3 Å². The third-order valence-corrected chi connectivity index (χ3v) is 4.35. The Kier molecular flexibility index (Phi) is 6.52. The molecule has 1 saturated heterocycles. The summed E-state index contributed by atoms with van der Waals surface area (Å²) < 4.78 is 10.8. The van der Waals surface area contributed by atoms with E-state index in [1.807, 2.05) is 17.0 Å². The Bertz CT molecular complexity index is 487. The van der Waals surface area contributed by atoms with Crippen LogP contribution in [0.3, 0.4) is 0 Å². The van der Waals surface area contributed by atoms with Crippen molar-refractivity contribution in [1.29, 1.82) is 0 Å². The zero-order chi connectivity index (χ0) is 15.9. The van der Waals surface area contributed by atoms with Crippen LogP contribution >= 0.6 is 11.6 Å². The minimum absolute atomic E-state index is 0.0465. The largest absolute Gasteiger partial charge is 0.481 e. The van der Waals surface area contributed by atoms with E-state index in [1.165, 1.54) is 0 Å². The highest BCUT2D eigenvalue weighted by atomic mass is 35.5. The van der Waals surface area contributed by atoms with Gasteiger partial charge in [-0.3, -0.25) is 4.79 Å². The van der Waals surface area contributed by atoms with Gasteiger partial charge >= 0.3 is 0 Å². The summed E-state index contributed by atoms with van der Waals surface area (Å²) in [6.07, 6.45) is 2.67. The number of nitrogens with zero attached hydrogens (tertiary/aromatic N) is 1. The van der Waals surface area contributed by atoms with Crippen molar-refractivity contribution in [2.24, 2.45) is 5.92 Å². The zero-order valence-electron chi connectivity index (χ0n) is 13.3. The fraction of sp³-hybridized carbons (Fsp3) is 0.588. The van der Waals surface area contributed by atoms with Gasteiger partial charge in [0.1, 0.15) is 5.75 Å². The number of piperidine rings is 1. The minimum Gasteiger partial charge on any atom is -0.481 e. The Balaban J connectivity index is 1.81. The Labute approximate surface area is 137 Å². The van der Waals surface area contributed by atoms with Gasteiger partial charge in [-0.05, 0) is 50.3 Å². The molecule has 1 aliphatic heterocycles. The van der Waals surface area contributed by atoms with E-state index < -0.39 is 6.10 Å². The highest BCUT2D eigenvalue weighted by molar-refractivity contribution is 6.30. The molecule has 0 saturated carbocycles. The summed E-state index contributed by atoms with van der Waals surface area (Å²) in [4.78, 5) is 14.4. The van der Waals surface area contributed by atoms with E-state index in [2.05, 4.69) is 0 Å². The molecular weight excluding hydrogens is 302 g/mol. The van der Waals surface area contributed by atoms with Gasteiger partial charge in [-0.1, -0.05) is 17.7 Å². The molecule has 1 atom stereocenters. The molecule has 0 aliphatic carbocycles. The van der Waals surface area contributed by atoms with Crippen molar-refractivity contribution in [2.75, 3.05) is 26.8 Å². The summed E-state index contributed by atoms with van der Waals surface area (Å²) in [6.45, 7) is 4.19. The number of carbonyl (C=O) groups excluding carboxylic acids is 1. The van der Waals surface area contributed by atoms with Gasteiger partial charge in [0.25, 0.3) is 5.91 Å². The van der Waals surface area contributed by atoms with Gasteiger partial charge in [-0.15, -0.1) is 0 Å². The molecule has 0 radical (unpaired) electrons. The molecule has 1 aromatic carbocycles. The minimum atomic E-state index is -0.492. The Morgan fingerprint density at radius 3 is 2.77 bits per heavy atom. The molecule has 2 rings (SSSR count). The van der Waals surface area contributed by atoms with Gasteiger partial charge in [0.2, 0.25) is 0 Å². The van der Waals surface area contributed by atoms with E-state index in [0.717, 1.165) is 39.0 Å². The summed E-state index contributed by atoms with van der Waals surface area (Å²) in [5, 5.41) is 0.608. The van der Waals surface area contributed by atoms with Gasteiger partial charge in [-0.2, -0.15) is 0 Å². The second-order valence-electron chi connectivity index (χ2n) is 5.77. The van der Waals surface area contributed by atoms with E-state index >= 15 is 0 Å². The van der Waals surface area contributed by atoms with Crippen LogP contribution in [0.2, 0.25) is 5.02 Å². The summed E-state index contributed by atoms with van der Waals surface area (Å²) in [7, 11) is 1.73. The first-order valence-corrected chi connectivity index (χ1v) is 8.18. The van der Waals surface area contributed by atoms with Crippen LogP contribution in [0.1, 0.15) is 26.2 Å². The van der Waals surface area contributed by atoms with Crippen LogP contribution < -0.4 is 4.74 Å². The predicted octanol–water partition coefficient (Wildman–Crippen LogP) is 3.38. The first-order chi connectivity index (χ1) is 10.6. The number of amides is 1. The quantitative estimate of drug-likeness (QED) is 0.804. The standard InChI is InChI=1S/C17H24ClNO3/c1-13(22-16-5-3-4-15(18)12-16)17(20)19-9-6-14(7-10-19)8-11-21-2/h3-5,12-14H,6-11H2,1-2H3/t13-/m0/s1. The molecule has 0 spiro atoms. The second-order valence-corrected chi connectivity index (χ2v) is 6.20. The molecular formula is C17H24ClNO3. The van der Waals surface area contributed by atoms with Gasteiger partial charge in [-0.25, -0.2) is 0 Å². The summed E-state index contributed by atoms with van der Waals surface area (Å²) >= 11 is 5.93. The second kappa shape index (κ2) is 8.39. The van der Waals surface area contributed by atoms with Crippen LogP contribution in [0, 0.1) is 5.92 Å². The fourth-order valence-electron chi connectivity index (χ4n) is 2.78. The molecule has 0 aromatic heterocycles. The van der Waals surface area contributed by atoms with Gasteiger partial charge < -0.3 is 14.4 Å². The number of hydrogen-bond acceptors (Lipinski definition) is 3. The highest BCUT2D eigenvalue weighted by Gasteiger charge is 2.26. The lowest BCUT2D eigenvalue weighted by Crippen LogP contribution is -2.44. The fourth-order valence-corrected chi connectivity index (χ4v) is 2.96. The molecule has 0 N–H and O–H groups in total. The average molecular weight is 326 g/mol. The van der Waals surface area contributed by atoms with Gasteiger partial charge in [0, 0.05) is 31.8 Å². The van der Waals surface area contributed by atoms with Crippen LogP contribution in [0.25, 0.3) is 0 Å². The molecule has 1 aliphatic rings. The van der Waals surface area contributed by atoms with Crippen LogP contribution in [-0.4, -0.2) is 43.7 Å². The third kappa shape index (κ3) is 4.89. The normalized spacial score (nSPS) is 17.3. The van der Waals surface area contributed by atoms with Crippen LogP contribution in [0.15, 0.2) is 24.3 Å². The van der Waals surface area contributed by atoms with Crippen molar-refractivity contribution in [3.8, 4) is 5.75 Å². The highest BCUT2D eigenvalue weighted by Crippen LogP contribution is 2.22. The SMILES string of the molecule is COCCC1CCN(C(=O)[C@H](C)Oc2cccc(Cl)c2)CC1. The van der Waals surface area contributed by atoms with Crippen LogP contribution in [0.4, 0.5) is 0 Å². The molecule has 22 heavy (non-hydrogen) atoms. The Morgan fingerprint density at radius 2 is 2.14 bits per heavy atom. The van der Waals surface area contributed by atoms with E-state index in [1.54, 1.807) is 26.2 Å². The lowest BCUT2D eigenvalue weighted by Gasteiger charge is -2.33. The van der Waals surface area contributed by atoms with Crippen molar-refractivity contribution in [1.82, 2.24) is 4.90 Å². The van der Waals surface area contributed by atoms with Gasteiger partial charge in [0.05, 0.1) is 0 Å². The maximum atomic E-state index is 12.5. The zero-order valence-corrected chi connectivity index (χ0v) is 14.0. The van der Waals surface area contributed by atoms with Crippen LogP contribution in [-0.2, 0) is 9.53 Å². The third-order valence-electron chi connectivity index (χ3n) is 4.11. The molecule has 5 heteroatoms. The number of rotatable bonds is 6. The molecule has 122 valence electrons. The number of hydrogen-bond donors (Lipinski definition) is 0. The molecule has 1 amide bonds. The lowest BCUT2D eigenvalue weighted by molar-refractivity contribution is -0.139. The maximum absolute atomic E-state index is 12.5. The van der Waals surface area contributed by atoms with E-state index in [-0.39, 0.29) is 5.91 Å². The number of carbonyl (C=O) groups is 1. The first kappa shape index (κ1) is 17.1. The van der Waals surface area contributed by atoms with Crippen LogP contribution in [0.5, 0.6) is 5.75 Å². The molecule has 1 fully saturated rings. The number of benzene rings is 1. The molecule has 1 aromatic rings. The monoisotopic (exact) mass is 325 g/mol. The van der Waals surface area contributed by atoms with Crippen molar-refractivity contribution in [3.63, 3.8) is 0 Å². The predicted molar refractivity (Wildman–Crippen MR) is 87.3 cm³/mol. The molecule has 0 unspecified atom stereocenters. The average Bonchev–Trinajstić information content (AvgIpc) is 2.52. The smallest absolute Gasteiger partial charge is 0.263 e. The Morgan fingerprint density at radius 1 is 1.41 bits per heavy atom. The van der Waals surface area contributed by atoms with Gasteiger partial charge in [0.15, 0.2) is 6.10 Å². The van der Waals surface area contributed by atoms with Crippen molar-refractivity contribution >= 4 is 17.5 Å². The van der Waals surface area contributed by atoms with E-state index in [0.29, 0.717) is 16.7 Å². The van der Waals surface area contributed by atoms with Crippen molar-refractivity contribution in [3.05, 3.63) is 29.3 Å². The molecule has 1 heterocycles. The van der Waals surface area contributed by atoms with E-state index in [9.17, 15) is 4.79 Å². The lowest BCUT2D eigenvalue weighted by atomic mass is 9.94. The number of ether oxygens (including phenoxy) is 2. The van der Waals surface area contributed by atoms with E-state index in [4.69, 9.17) is 21.1 Å². The topological polar surface area (TPSA) is 38.8 Å². The summed E-state index contributed by atoms with van der Waals surface area (Å²) in [6, 6.07) is 7.14. The molecule has 0 bridgehead atoms. The first-order valence-electron chi connectivity index (χ1n) is 7.80. The number of methoxy groups -OCH3 is 1. The number of halogens is 1. The number of likely N-dealkylation sites (tertiary alicyclic amines) is 1.